The summed E-state index contributed by atoms with van der Waals surface area (Å²) in [6.45, 7) is 6.59. The van der Waals surface area contributed by atoms with Crippen LogP contribution in [0.25, 0.3) is 0 Å². The van der Waals surface area contributed by atoms with Gasteiger partial charge < -0.3 is 15.7 Å². The Hall–Kier alpha value is -1.89. The second kappa shape index (κ2) is 6.51. The molecule has 0 aliphatic rings. The van der Waals surface area contributed by atoms with Gasteiger partial charge in [-0.25, -0.2) is 4.79 Å². The predicted molar refractivity (Wildman–Crippen MR) is 77.1 cm³/mol. The number of amides is 2. The van der Waals surface area contributed by atoms with E-state index in [4.69, 9.17) is 5.11 Å². The first-order chi connectivity index (χ1) is 9.22. The van der Waals surface area contributed by atoms with Gasteiger partial charge in [0.05, 0.1) is 5.56 Å². The highest BCUT2D eigenvalue weighted by Crippen LogP contribution is 2.27. The van der Waals surface area contributed by atoms with Gasteiger partial charge in [0.2, 0.25) is 5.91 Å². The summed E-state index contributed by atoms with van der Waals surface area (Å²) in [6.07, 6.45) is 0. The zero-order valence-corrected chi connectivity index (χ0v) is 12.6. The van der Waals surface area contributed by atoms with Crippen LogP contribution in [0.4, 0.5) is 5.00 Å². The third-order valence-electron chi connectivity index (χ3n) is 2.61. The summed E-state index contributed by atoms with van der Waals surface area (Å²) in [5.41, 5.74) is 0.287. The Kier molecular flexibility index (Phi) is 5.26. The first-order valence-electron chi connectivity index (χ1n) is 6.14. The molecule has 0 aliphatic carbocycles. The smallest absolute Gasteiger partial charge is 0.326 e. The lowest BCUT2D eigenvalue weighted by Gasteiger charge is -2.17. The lowest BCUT2D eigenvalue weighted by atomic mass is 10.0. The number of anilines is 1. The molecule has 0 bridgehead atoms. The van der Waals surface area contributed by atoms with Crippen molar-refractivity contribution in [2.24, 2.45) is 5.92 Å². The van der Waals surface area contributed by atoms with E-state index in [0.717, 1.165) is 4.88 Å². The third-order valence-corrected chi connectivity index (χ3v) is 3.57. The Labute approximate surface area is 121 Å². The number of nitrogens with one attached hydrogen (secondary N) is 2. The van der Waals surface area contributed by atoms with E-state index in [1.54, 1.807) is 19.9 Å². The van der Waals surface area contributed by atoms with Crippen molar-refractivity contribution in [3.63, 3.8) is 0 Å². The van der Waals surface area contributed by atoms with E-state index < -0.39 is 17.9 Å². The quantitative estimate of drug-likeness (QED) is 0.773. The Morgan fingerprint density at radius 1 is 1.30 bits per heavy atom. The van der Waals surface area contributed by atoms with Crippen molar-refractivity contribution in [1.82, 2.24) is 5.32 Å². The van der Waals surface area contributed by atoms with Crippen LogP contribution >= 0.6 is 11.3 Å². The Balaban J connectivity index is 2.97. The lowest BCUT2D eigenvalue weighted by Crippen LogP contribution is -2.44. The molecular formula is C13H18N2O4S. The second-order valence-electron chi connectivity index (χ2n) is 4.81. The second-order valence-corrected chi connectivity index (χ2v) is 6.07. The lowest BCUT2D eigenvalue weighted by molar-refractivity contribution is -0.140. The van der Waals surface area contributed by atoms with Crippen molar-refractivity contribution in [3.8, 4) is 0 Å². The Bertz CT molecular complexity index is 536. The standard InChI is InChI=1S/C13H18N2O4S/c1-6(2)10(13(18)19)15-11(17)9-5-7(3)20-12(9)14-8(4)16/h5-6,10H,1-4H3,(H,14,16)(H,15,17)(H,18,19). The van der Waals surface area contributed by atoms with Crippen molar-refractivity contribution in [2.45, 2.75) is 33.7 Å². The van der Waals surface area contributed by atoms with Crippen molar-refractivity contribution >= 4 is 34.1 Å². The molecule has 7 heteroatoms. The minimum Gasteiger partial charge on any atom is -0.480 e. The number of carboxylic acids is 1. The van der Waals surface area contributed by atoms with Crippen LogP contribution in [0.2, 0.25) is 0 Å². The molecule has 0 saturated heterocycles. The zero-order valence-electron chi connectivity index (χ0n) is 11.8. The van der Waals surface area contributed by atoms with E-state index in [1.807, 2.05) is 6.92 Å². The number of aryl methyl sites for hydroxylation is 1. The largest absolute Gasteiger partial charge is 0.480 e. The summed E-state index contributed by atoms with van der Waals surface area (Å²) < 4.78 is 0. The molecule has 0 aliphatic heterocycles. The van der Waals surface area contributed by atoms with E-state index in [1.165, 1.54) is 18.3 Å². The third kappa shape index (κ3) is 4.06. The Morgan fingerprint density at radius 3 is 2.35 bits per heavy atom. The number of carboxylic acid groups (broad SMARTS) is 1. The van der Waals surface area contributed by atoms with Gasteiger partial charge in [-0.2, -0.15) is 0 Å². The number of hydrogen-bond donors (Lipinski definition) is 3. The normalized spacial score (nSPS) is 12.1. The number of rotatable bonds is 5. The molecule has 110 valence electrons. The molecule has 0 aromatic carbocycles. The summed E-state index contributed by atoms with van der Waals surface area (Å²) >= 11 is 1.27. The topological polar surface area (TPSA) is 95.5 Å². The molecule has 1 rings (SSSR count). The average Bonchev–Trinajstić information content (AvgIpc) is 2.64. The molecule has 1 heterocycles. The van der Waals surface area contributed by atoms with Gasteiger partial charge in [0, 0.05) is 11.8 Å². The maximum absolute atomic E-state index is 12.2. The molecule has 1 atom stereocenters. The summed E-state index contributed by atoms with van der Waals surface area (Å²) in [5, 5.41) is 14.6. The molecule has 0 radical (unpaired) electrons. The van der Waals surface area contributed by atoms with Crippen LogP contribution in [0.5, 0.6) is 0 Å². The van der Waals surface area contributed by atoms with Gasteiger partial charge in [-0.1, -0.05) is 13.8 Å². The van der Waals surface area contributed by atoms with Crippen molar-refractivity contribution in [1.29, 1.82) is 0 Å². The fourth-order valence-corrected chi connectivity index (χ4v) is 2.62. The van der Waals surface area contributed by atoms with Crippen molar-refractivity contribution in [3.05, 3.63) is 16.5 Å². The van der Waals surface area contributed by atoms with Gasteiger partial charge in [-0.15, -0.1) is 11.3 Å². The highest BCUT2D eigenvalue weighted by Gasteiger charge is 2.25. The molecule has 1 aromatic heterocycles. The number of carbonyl (C=O) groups excluding carboxylic acids is 2. The molecule has 0 saturated carbocycles. The van der Waals surface area contributed by atoms with Crippen molar-refractivity contribution < 1.29 is 19.5 Å². The minimum atomic E-state index is -1.08. The fourth-order valence-electron chi connectivity index (χ4n) is 1.67. The van der Waals surface area contributed by atoms with E-state index in [9.17, 15) is 14.4 Å². The number of aliphatic carboxylic acids is 1. The van der Waals surface area contributed by atoms with Gasteiger partial charge in [0.15, 0.2) is 0 Å². The van der Waals surface area contributed by atoms with Crippen LogP contribution in [-0.4, -0.2) is 28.9 Å². The molecule has 2 amide bonds. The van der Waals surface area contributed by atoms with Crippen LogP contribution in [-0.2, 0) is 9.59 Å². The van der Waals surface area contributed by atoms with Crippen molar-refractivity contribution in [2.75, 3.05) is 5.32 Å². The molecule has 20 heavy (non-hydrogen) atoms. The zero-order chi connectivity index (χ0) is 15.4. The van der Waals surface area contributed by atoms with Crippen LogP contribution in [0.15, 0.2) is 6.07 Å². The minimum absolute atomic E-state index is 0.236. The van der Waals surface area contributed by atoms with Gasteiger partial charge in [-0.05, 0) is 18.9 Å². The van der Waals surface area contributed by atoms with E-state index >= 15 is 0 Å². The van der Waals surface area contributed by atoms with Gasteiger partial charge in [-0.3, -0.25) is 9.59 Å². The maximum Gasteiger partial charge on any atom is 0.326 e. The highest BCUT2D eigenvalue weighted by atomic mass is 32.1. The first-order valence-corrected chi connectivity index (χ1v) is 6.95. The molecule has 3 N–H and O–H groups in total. The van der Waals surface area contributed by atoms with Gasteiger partial charge in [0.25, 0.3) is 5.91 Å². The molecule has 1 aromatic rings. The fraction of sp³-hybridized carbons (Fsp3) is 0.462. The summed E-state index contributed by atoms with van der Waals surface area (Å²) in [7, 11) is 0. The van der Waals surface area contributed by atoms with E-state index in [0.29, 0.717) is 5.00 Å². The predicted octanol–water partition coefficient (Wildman–Crippen LogP) is 1.85. The van der Waals surface area contributed by atoms with Gasteiger partial charge >= 0.3 is 5.97 Å². The molecule has 1 unspecified atom stereocenters. The molecular weight excluding hydrogens is 280 g/mol. The molecule has 0 spiro atoms. The number of hydrogen-bond acceptors (Lipinski definition) is 4. The van der Waals surface area contributed by atoms with E-state index in [2.05, 4.69) is 10.6 Å². The van der Waals surface area contributed by atoms with Crippen LogP contribution in [0.1, 0.15) is 36.0 Å². The summed E-state index contributed by atoms with van der Waals surface area (Å²) in [5.74, 6) is -2.10. The number of thiophene rings is 1. The average molecular weight is 298 g/mol. The SMILES string of the molecule is CC(=O)Nc1sc(C)cc1C(=O)NC(C(=O)O)C(C)C. The Morgan fingerprint density at radius 2 is 1.90 bits per heavy atom. The molecule has 6 nitrogen and oxygen atoms in total. The van der Waals surface area contributed by atoms with Crippen LogP contribution in [0.3, 0.4) is 0 Å². The van der Waals surface area contributed by atoms with Crippen LogP contribution < -0.4 is 10.6 Å². The summed E-state index contributed by atoms with van der Waals surface area (Å²) in [6, 6.07) is 0.665. The molecule has 0 fully saturated rings. The van der Waals surface area contributed by atoms with Crippen LogP contribution in [0, 0.1) is 12.8 Å². The monoisotopic (exact) mass is 298 g/mol. The van der Waals surface area contributed by atoms with E-state index in [-0.39, 0.29) is 17.4 Å². The highest BCUT2D eigenvalue weighted by molar-refractivity contribution is 7.16. The van der Waals surface area contributed by atoms with Gasteiger partial charge in [0.1, 0.15) is 11.0 Å². The number of carbonyl (C=O) groups is 3. The first kappa shape index (κ1) is 16.2. The summed E-state index contributed by atoms with van der Waals surface area (Å²) in [4.78, 5) is 35.2. The maximum atomic E-state index is 12.2.